The molecule has 1 aromatic carbocycles. The van der Waals surface area contributed by atoms with Crippen LogP contribution in [0.5, 0.6) is 11.5 Å². The number of piperidine rings is 1. The van der Waals surface area contributed by atoms with Gasteiger partial charge in [-0.1, -0.05) is 11.8 Å². The predicted molar refractivity (Wildman–Crippen MR) is 116 cm³/mol. The lowest BCUT2D eigenvalue weighted by atomic mass is 9.93. The van der Waals surface area contributed by atoms with Crippen LogP contribution in [0.1, 0.15) is 26.2 Å². The Balaban J connectivity index is 1.37. The molecule has 2 aromatic heterocycles. The molecule has 1 saturated heterocycles. The Kier molecular flexibility index (Phi) is 5.47. The quantitative estimate of drug-likeness (QED) is 0.596. The minimum atomic E-state index is -3.67. The first kappa shape index (κ1) is 21.7. The van der Waals surface area contributed by atoms with Gasteiger partial charge in [0.25, 0.3) is 0 Å². The van der Waals surface area contributed by atoms with Gasteiger partial charge < -0.3 is 24.7 Å². The summed E-state index contributed by atoms with van der Waals surface area (Å²) >= 11 is 1.30. The monoisotopic (exact) mass is 476 g/mol. The van der Waals surface area contributed by atoms with Crippen molar-refractivity contribution in [2.24, 2.45) is 5.92 Å². The minimum Gasteiger partial charge on any atom is -0.395 e. The van der Waals surface area contributed by atoms with Crippen molar-refractivity contribution < 1.29 is 23.0 Å². The molecule has 9 nitrogen and oxygen atoms in total. The van der Waals surface area contributed by atoms with Gasteiger partial charge in [0.2, 0.25) is 5.91 Å². The molecule has 1 amide bonds. The first-order chi connectivity index (χ1) is 15.8. The molecule has 1 fully saturated rings. The van der Waals surface area contributed by atoms with Gasteiger partial charge in [0, 0.05) is 31.5 Å². The number of imidazole rings is 1. The number of halogens is 2. The van der Waals surface area contributed by atoms with Crippen LogP contribution in [0.25, 0.3) is 11.2 Å². The summed E-state index contributed by atoms with van der Waals surface area (Å²) < 4.78 is 37.8. The number of nitrogen functional groups attached to an aromatic ring is 1. The van der Waals surface area contributed by atoms with Crippen molar-refractivity contribution in [3.05, 3.63) is 24.5 Å². The van der Waals surface area contributed by atoms with Crippen LogP contribution in [0.4, 0.5) is 14.6 Å². The third-order valence-corrected chi connectivity index (χ3v) is 6.91. The number of ether oxygens (including phenoxy) is 2. The van der Waals surface area contributed by atoms with Crippen molar-refractivity contribution in [2.45, 2.75) is 49.1 Å². The molecular formula is C21H22F2N6O3S. The summed E-state index contributed by atoms with van der Waals surface area (Å²) in [5.41, 5.74) is 7.15. The number of benzene rings is 1. The van der Waals surface area contributed by atoms with E-state index in [1.807, 2.05) is 9.47 Å². The van der Waals surface area contributed by atoms with E-state index in [1.54, 1.807) is 13.0 Å². The number of anilines is 1. The Morgan fingerprint density at radius 1 is 1.24 bits per heavy atom. The SMILES string of the molecule is CC(=O)N1CCC(CCn2c(Sc3ccc4c(c3)OC(F)(F)O4)nc3c(N)ncnc32)CC1. The third kappa shape index (κ3) is 4.39. The van der Waals surface area contributed by atoms with Gasteiger partial charge in [-0.3, -0.25) is 4.79 Å². The topological polar surface area (TPSA) is 108 Å². The molecule has 5 rings (SSSR count). The number of aromatic nitrogens is 4. The Morgan fingerprint density at radius 2 is 2.00 bits per heavy atom. The van der Waals surface area contributed by atoms with E-state index in [-0.39, 0.29) is 23.2 Å². The van der Waals surface area contributed by atoms with E-state index in [0.29, 0.717) is 33.7 Å². The Hall–Kier alpha value is -3.15. The van der Waals surface area contributed by atoms with E-state index < -0.39 is 6.29 Å². The number of alkyl halides is 2. The zero-order valence-electron chi connectivity index (χ0n) is 17.8. The fraction of sp³-hybridized carbons (Fsp3) is 0.429. The van der Waals surface area contributed by atoms with E-state index in [0.717, 1.165) is 32.4 Å². The van der Waals surface area contributed by atoms with Gasteiger partial charge in [0.05, 0.1) is 0 Å². The average Bonchev–Trinajstić information content (AvgIpc) is 3.28. The lowest BCUT2D eigenvalue weighted by Gasteiger charge is -2.31. The lowest BCUT2D eigenvalue weighted by molar-refractivity contribution is -0.286. The molecule has 2 aliphatic rings. The molecule has 2 aliphatic heterocycles. The number of carbonyl (C=O) groups is 1. The van der Waals surface area contributed by atoms with Crippen molar-refractivity contribution >= 4 is 34.7 Å². The lowest BCUT2D eigenvalue weighted by Crippen LogP contribution is -2.37. The maximum Gasteiger partial charge on any atom is 0.586 e. The number of nitrogens with two attached hydrogens (primary N) is 1. The summed E-state index contributed by atoms with van der Waals surface area (Å²) in [6, 6.07) is 4.62. The number of nitrogens with zero attached hydrogens (tertiary/aromatic N) is 5. The van der Waals surface area contributed by atoms with Gasteiger partial charge >= 0.3 is 6.29 Å². The predicted octanol–water partition coefficient (Wildman–Crippen LogP) is 3.53. The number of likely N-dealkylation sites (tertiary alicyclic amines) is 1. The van der Waals surface area contributed by atoms with Crippen molar-refractivity contribution in [1.82, 2.24) is 24.4 Å². The zero-order chi connectivity index (χ0) is 23.2. The fourth-order valence-electron chi connectivity index (χ4n) is 4.16. The van der Waals surface area contributed by atoms with Gasteiger partial charge in [-0.2, -0.15) is 0 Å². The van der Waals surface area contributed by atoms with Crippen molar-refractivity contribution in [3.8, 4) is 11.5 Å². The summed E-state index contributed by atoms with van der Waals surface area (Å²) in [7, 11) is 0. The normalized spacial score (nSPS) is 17.6. The smallest absolute Gasteiger partial charge is 0.395 e. The number of carbonyl (C=O) groups excluding carboxylic acids is 1. The highest BCUT2D eigenvalue weighted by Crippen LogP contribution is 2.44. The van der Waals surface area contributed by atoms with Crippen LogP contribution in [0.15, 0.2) is 34.6 Å². The van der Waals surface area contributed by atoms with Gasteiger partial charge in [0.1, 0.15) is 6.33 Å². The van der Waals surface area contributed by atoms with Crippen LogP contribution >= 0.6 is 11.8 Å². The van der Waals surface area contributed by atoms with Crippen LogP contribution in [0.2, 0.25) is 0 Å². The molecule has 3 aromatic rings. The van der Waals surface area contributed by atoms with Crippen LogP contribution in [-0.2, 0) is 11.3 Å². The second-order valence-corrected chi connectivity index (χ2v) is 9.13. The molecule has 0 saturated carbocycles. The van der Waals surface area contributed by atoms with Crippen LogP contribution < -0.4 is 15.2 Å². The molecule has 0 unspecified atom stereocenters. The van der Waals surface area contributed by atoms with Gasteiger partial charge in [0.15, 0.2) is 33.6 Å². The maximum absolute atomic E-state index is 13.4. The standard InChI is InChI=1S/C21H22F2N6O3S/c1-12(30)28-7-4-13(5-8-28)6-9-29-19-17(18(24)25-11-26-19)27-20(29)33-14-2-3-15-16(10-14)32-21(22,23)31-15/h2-3,10-11,13H,4-9H2,1H3,(H2,24,25,26). The average molecular weight is 477 g/mol. The van der Waals surface area contributed by atoms with Gasteiger partial charge in [-0.25, -0.2) is 15.0 Å². The third-order valence-electron chi connectivity index (χ3n) is 5.93. The largest absolute Gasteiger partial charge is 0.586 e. The molecule has 0 spiro atoms. The molecule has 0 aliphatic carbocycles. The van der Waals surface area contributed by atoms with Gasteiger partial charge in [-0.15, -0.1) is 8.78 Å². The molecule has 4 heterocycles. The first-order valence-electron chi connectivity index (χ1n) is 10.6. The minimum absolute atomic E-state index is 0.00938. The van der Waals surface area contributed by atoms with E-state index in [9.17, 15) is 13.6 Å². The number of fused-ring (bicyclic) bond motifs is 2. The van der Waals surface area contributed by atoms with E-state index in [2.05, 4.69) is 24.4 Å². The number of rotatable bonds is 5. The fourth-order valence-corrected chi connectivity index (χ4v) is 5.10. The Bertz CT molecular complexity index is 1210. The summed E-state index contributed by atoms with van der Waals surface area (Å²) in [4.78, 5) is 27.2. The van der Waals surface area contributed by atoms with Crippen LogP contribution in [0.3, 0.4) is 0 Å². The molecule has 12 heteroatoms. The summed E-state index contributed by atoms with van der Waals surface area (Å²) in [5, 5.41) is 0.629. The second-order valence-electron chi connectivity index (χ2n) is 8.09. The Morgan fingerprint density at radius 3 is 2.76 bits per heavy atom. The van der Waals surface area contributed by atoms with Crippen molar-refractivity contribution in [2.75, 3.05) is 18.8 Å². The highest BCUT2D eigenvalue weighted by molar-refractivity contribution is 7.99. The second kappa shape index (κ2) is 8.32. The number of hydrogen-bond acceptors (Lipinski definition) is 8. The van der Waals surface area contributed by atoms with E-state index >= 15 is 0 Å². The van der Waals surface area contributed by atoms with Crippen molar-refractivity contribution in [3.63, 3.8) is 0 Å². The molecule has 0 radical (unpaired) electrons. The number of hydrogen-bond donors (Lipinski definition) is 1. The first-order valence-corrected chi connectivity index (χ1v) is 11.4. The summed E-state index contributed by atoms with van der Waals surface area (Å²) in [6.45, 7) is 3.79. The summed E-state index contributed by atoms with van der Waals surface area (Å²) in [6.07, 6.45) is 0.519. The highest BCUT2D eigenvalue weighted by atomic mass is 32.2. The molecule has 0 atom stereocenters. The molecule has 0 bridgehead atoms. The molecule has 2 N–H and O–H groups in total. The molecule has 174 valence electrons. The zero-order valence-corrected chi connectivity index (χ0v) is 18.6. The van der Waals surface area contributed by atoms with Crippen LogP contribution in [-0.4, -0.2) is 49.7 Å². The van der Waals surface area contributed by atoms with Gasteiger partial charge in [-0.05, 0) is 43.4 Å². The Labute approximate surface area is 192 Å². The molecule has 33 heavy (non-hydrogen) atoms. The van der Waals surface area contributed by atoms with Crippen molar-refractivity contribution in [1.29, 1.82) is 0 Å². The summed E-state index contributed by atoms with van der Waals surface area (Å²) in [5.74, 6) is 0.832. The molecular weight excluding hydrogens is 454 g/mol. The van der Waals surface area contributed by atoms with Crippen LogP contribution in [0, 0.1) is 5.92 Å². The van der Waals surface area contributed by atoms with E-state index in [1.165, 1.54) is 30.2 Å². The highest BCUT2D eigenvalue weighted by Gasteiger charge is 2.43. The number of amides is 1. The number of aryl methyl sites for hydroxylation is 1. The van der Waals surface area contributed by atoms with E-state index in [4.69, 9.17) is 5.73 Å². The maximum atomic E-state index is 13.4.